The molecule has 96 valence electrons. The SMILES string of the molecule is C=C(CCC1CCC#CC(F)(F)CC1)C(C)C. The number of hydrogen-bond donors (Lipinski definition) is 0. The molecule has 0 fully saturated rings. The molecule has 0 aromatic heterocycles. The molecule has 0 saturated heterocycles. The fourth-order valence-electron chi connectivity index (χ4n) is 2.03. The van der Waals surface area contributed by atoms with Gasteiger partial charge in [0.15, 0.2) is 0 Å². The third-order valence-electron chi connectivity index (χ3n) is 3.51. The van der Waals surface area contributed by atoms with Crippen molar-refractivity contribution in [1.29, 1.82) is 0 Å². The molecule has 1 rings (SSSR count). The Hall–Kier alpha value is -0.840. The zero-order chi connectivity index (χ0) is 12.9. The minimum Gasteiger partial charge on any atom is -0.192 e. The van der Waals surface area contributed by atoms with Crippen LogP contribution >= 0.6 is 0 Å². The molecule has 1 unspecified atom stereocenters. The molecule has 17 heavy (non-hydrogen) atoms. The first-order valence-electron chi connectivity index (χ1n) is 6.46. The Morgan fingerprint density at radius 1 is 1.41 bits per heavy atom. The molecule has 0 radical (unpaired) electrons. The molecule has 1 atom stereocenters. The zero-order valence-corrected chi connectivity index (χ0v) is 10.9. The molecule has 0 N–H and O–H groups in total. The number of hydrogen-bond acceptors (Lipinski definition) is 0. The van der Waals surface area contributed by atoms with Crippen LogP contribution in [0.2, 0.25) is 0 Å². The smallest absolute Gasteiger partial charge is 0.192 e. The predicted octanol–water partition coefficient (Wildman–Crippen LogP) is 4.81. The zero-order valence-electron chi connectivity index (χ0n) is 10.9. The van der Waals surface area contributed by atoms with Gasteiger partial charge in [0.05, 0.1) is 0 Å². The molecule has 0 bridgehead atoms. The third kappa shape index (κ3) is 5.35. The Labute approximate surface area is 103 Å². The van der Waals surface area contributed by atoms with Crippen LogP contribution in [0.25, 0.3) is 0 Å². The minimum absolute atomic E-state index is 0.0845. The molecule has 2 heteroatoms. The molecular formula is C15H22F2. The van der Waals surface area contributed by atoms with E-state index >= 15 is 0 Å². The van der Waals surface area contributed by atoms with Crippen LogP contribution in [0, 0.1) is 23.7 Å². The van der Waals surface area contributed by atoms with Crippen molar-refractivity contribution in [3.8, 4) is 11.8 Å². The van der Waals surface area contributed by atoms with Crippen LogP contribution in [0.5, 0.6) is 0 Å². The van der Waals surface area contributed by atoms with Gasteiger partial charge in [-0.3, -0.25) is 0 Å². The number of halogens is 2. The van der Waals surface area contributed by atoms with E-state index < -0.39 is 5.92 Å². The molecule has 0 aromatic carbocycles. The maximum atomic E-state index is 13.2. The Morgan fingerprint density at radius 2 is 2.12 bits per heavy atom. The highest BCUT2D eigenvalue weighted by Crippen LogP contribution is 2.30. The summed E-state index contributed by atoms with van der Waals surface area (Å²) in [5, 5.41) is 0. The molecule has 0 amide bonds. The lowest BCUT2D eigenvalue weighted by molar-refractivity contribution is 0.0470. The van der Waals surface area contributed by atoms with Gasteiger partial charge in [-0.05, 0) is 43.4 Å². The first kappa shape index (κ1) is 14.2. The van der Waals surface area contributed by atoms with Gasteiger partial charge in [0.2, 0.25) is 0 Å². The standard InChI is InChI=1S/C15H22F2/c1-12(2)13(3)7-8-14-6-4-5-10-15(16,17)11-9-14/h12,14H,3-4,6-9,11H2,1-2H3. The second kappa shape index (κ2) is 6.19. The summed E-state index contributed by atoms with van der Waals surface area (Å²) < 4.78 is 26.3. The molecule has 0 heterocycles. The Kier molecular flexibility index (Phi) is 5.18. The topological polar surface area (TPSA) is 0 Å². The second-order valence-electron chi connectivity index (χ2n) is 5.30. The van der Waals surface area contributed by atoms with Crippen LogP contribution in [0.15, 0.2) is 12.2 Å². The first-order chi connectivity index (χ1) is 7.91. The fourth-order valence-corrected chi connectivity index (χ4v) is 2.03. The quantitative estimate of drug-likeness (QED) is 0.488. The van der Waals surface area contributed by atoms with Crippen molar-refractivity contribution in [3.05, 3.63) is 12.2 Å². The van der Waals surface area contributed by atoms with Crippen molar-refractivity contribution >= 4 is 0 Å². The highest BCUT2D eigenvalue weighted by atomic mass is 19.3. The van der Waals surface area contributed by atoms with Gasteiger partial charge in [-0.1, -0.05) is 31.9 Å². The van der Waals surface area contributed by atoms with Gasteiger partial charge in [0.1, 0.15) is 0 Å². The fraction of sp³-hybridized carbons (Fsp3) is 0.733. The summed E-state index contributed by atoms with van der Waals surface area (Å²) in [6.45, 7) is 8.28. The van der Waals surface area contributed by atoms with E-state index in [0.717, 1.165) is 19.3 Å². The molecule has 1 aliphatic carbocycles. The predicted molar refractivity (Wildman–Crippen MR) is 67.9 cm³/mol. The second-order valence-corrected chi connectivity index (χ2v) is 5.30. The summed E-state index contributed by atoms with van der Waals surface area (Å²) in [4.78, 5) is 0. The lowest BCUT2D eigenvalue weighted by atomic mass is 9.87. The van der Waals surface area contributed by atoms with Gasteiger partial charge >= 0.3 is 5.92 Å². The Morgan fingerprint density at radius 3 is 2.76 bits per heavy atom. The van der Waals surface area contributed by atoms with Crippen molar-refractivity contribution in [2.24, 2.45) is 11.8 Å². The first-order valence-corrected chi connectivity index (χ1v) is 6.46. The van der Waals surface area contributed by atoms with Crippen LogP contribution in [-0.4, -0.2) is 5.92 Å². The van der Waals surface area contributed by atoms with Crippen LogP contribution in [0.3, 0.4) is 0 Å². The minimum atomic E-state index is -2.77. The van der Waals surface area contributed by atoms with Gasteiger partial charge in [-0.15, -0.1) is 0 Å². The van der Waals surface area contributed by atoms with E-state index in [0.29, 0.717) is 24.7 Å². The molecular weight excluding hydrogens is 218 g/mol. The number of alkyl halides is 2. The van der Waals surface area contributed by atoms with Gasteiger partial charge < -0.3 is 0 Å². The molecule has 1 aliphatic rings. The average molecular weight is 240 g/mol. The van der Waals surface area contributed by atoms with Crippen LogP contribution in [0.1, 0.15) is 52.4 Å². The summed E-state index contributed by atoms with van der Waals surface area (Å²) in [5.41, 5.74) is 1.23. The lowest BCUT2D eigenvalue weighted by Crippen LogP contribution is -2.17. The lowest BCUT2D eigenvalue weighted by Gasteiger charge is -2.21. The molecule has 0 aliphatic heterocycles. The van der Waals surface area contributed by atoms with E-state index in [9.17, 15) is 8.78 Å². The van der Waals surface area contributed by atoms with E-state index in [2.05, 4.69) is 32.3 Å². The Balaban J connectivity index is 2.41. The van der Waals surface area contributed by atoms with Crippen molar-refractivity contribution in [2.45, 2.75) is 58.3 Å². The maximum Gasteiger partial charge on any atom is 0.308 e. The van der Waals surface area contributed by atoms with E-state index in [-0.39, 0.29) is 6.42 Å². The molecule has 0 nitrogen and oxygen atoms in total. The van der Waals surface area contributed by atoms with Crippen LogP contribution < -0.4 is 0 Å². The summed E-state index contributed by atoms with van der Waals surface area (Å²) in [7, 11) is 0. The van der Waals surface area contributed by atoms with E-state index in [4.69, 9.17) is 0 Å². The van der Waals surface area contributed by atoms with E-state index in [1.54, 1.807) is 0 Å². The van der Waals surface area contributed by atoms with Crippen molar-refractivity contribution < 1.29 is 8.78 Å². The summed E-state index contributed by atoms with van der Waals surface area (Å²) in [6, 6.07) is 0. The van der Waals surface area contributed by atoms with Crippen molar-refractivity contribution in [2.75, 3.05) is 0 Å². The Bertz CT molecular complexity index is 318. The highest BCUT2D eigenvalue weighted by molar-refractivity contribution is 5.10. The van der Waals surface area contributed by atoms with Gasteiger partial charge in [-0.25, -0.2) is 0 Å². The summed E-state index contributed by atoms with van der Waals surface area (Å²) >= 11 is 0. The average Bonchev–Trinajstić information content (AvgIpc) is 2.23. The largest absolute Gasteiger partial charge is 0.308 e. The number of allylic oxidation sites excluding steroid dienone is 1. The van der Waals surface area contributed by atoms with Crippen LogP contribution in [-0.2, 0) is 0 Å². The third-order valence-corrected chi connectivity index (χ3v) is 3.51. The van der Waals surface area contributed by atoms with Gasteiger partial charge in [0, 0.05) is 12.8 Å². The van der Waals surface area contributed by atoms with E-state index in [1.807, 2.05) is 0 Å². The van der Waals surface area contributed by atoms with Crippen LogP contribution in [0.4, 0.5) is 8.78 Å². The molecule has 0 spiro atoms. The molecule has 0 aromatic rings. The van der Waals surface area contributed by atoms with Gasteiger partial charge in [0.25, 0.3) is 0 Å². The highest BCUT2D eigenvalue weighted by Gasteiger charge is 2.28. The summed E-state index contributed by atoms with van der Waals surface area (Å²) in [5.74, 6) is 2.76. The van der Waals surface area contributed by atoms with Crippen molar-refractivity contribution in [3.63, 3.8) is 0 Å². The van der Waals surface area contributed by atoms with Gasteiger partial charge in [-0.2, -0.15) is 8.78 Å². The summed E-state index contributed by atoms with van der Waals surface area (Å²) in [6.07, 6.45) is 4.00. The molecule has 0 saturated carbocycles. The maximum absolute atomic E-state index is 13.2. The number of rotatable bonds is 4. The normalized spacial score (nSPS) is 23.5. The van der Waals surface area contributed by atoms with E-state index in [1.165, 1.54) is 5.57 Å². The monoisotopic (exact) mass is 240 g/mol. The van der Waals surface area contributed by atoms with Crippen molar-refractivity contribution in [1.82, 2.24) is 0 Å².